The van der Waals surface area contributed by atoms with Gasteiger partial charge in [0, 0.05) is 12.8 Å². The van der Waals surface area contributed by atoms with Crippen LogP contribution in [0.3, 0.4) is 0 Å². The molecule has 132 valence electrons. The van der Waals surface area contributed by atoms with Gasteiger partial charge in [0.05, 0.1) is 0 Å². The first kappa shape index (κ1) is 19.7. The number of carboxylic acids is 1. The third kappa shape index (κ3) is 6.81. The second-order valence-electron chi connectivity index (χ2n) is 6.19. The molecule has 1 rings (SSSR count). The Labute approximate surface area is 142 Å². The summed E-state index contributed by atoms with van der Waals surface area (Å²) in [6, 6.07) is 7.34. The lowest BCUT2D eigenvalue weighted by atomic mass is 10.0. The van der Waals surface area contributed by atoms with Crippen molar-refractivity contribution in [3.05, 3.63) is 35.9 Å². The Bertz CT molecular complexity index is 557. The van der Waals surface area contributed by atoms with Crippen LogP contribution in [0.15, 0.2) is 30.3 Å². The summed E-state index contributed by atoms with van der Waals surface area (Å²) in [5, 5.41) is 14.6. The predicted molar refractivity (Wildman–Crippen MR) is 91.4 cm³/mol. The molecule has 0 fully saturated rings. The Hall–Kier alpha value is -2.37. The number of amides is 2. The maximum atomic E-state index is 12.4. The Kier molecular flexibility index (Phi) is 7.95. The standard InChI is InChI=1S/C18H26N2O4/c1-4-16(21)19-14(10-12(2)3)17(22)20-15(18(23)24)11-13-8-6-5-7-9-13/h5-9,12,14-15H,4,10-11H2,1-3H3,(H,19,21)(H,20,22)(H,23,24). The number of hydrogen-bond acceptors (Lipinski definition) is 3. The molecule has 0 saturated heterocycles. The highest BCUT2D eigenvalue weighted by atomic mass is 16.4. The zero-order chi connectivity index (χ0) is 18.1. The second-order valence-corrected chi connectivity index (χ2v) is 6.19. The summed E-state index contributed by atoms with van der Waals surface area (Å²) in [5.74, 6) is -1.60. The van der Waals surface area contributed by atoms with E-state index < -0.39 is 24.0 Å². The molecule has 2 amide bonds. The maximum Gasteiger partial charge on any atom is 0.326 e. The monoisotopic (exact) mass is 334 g/mol. The van der Waals surface area contributed by atoms with E-state index in [0.717, 1.165) is 5.56 Å². The quantitative estimate of drug-likeness (QED) is 0.641. The lowest BCUT2D eigenvalue weighted by molar-refractivity contribution is -0.142. The third-order valence-electron chi connectivity index (χ3n) is 3.58. The molecule has 0 aromatic heterocycles. The van der Waals surface area contributed by atoms with Gasteiger partial charge in [-0.2, -0.15) is 0 Å². The molecule has 0 bridgehead atoms. The summed E-state index contributed by atoms with van der Waals surface area (Å²) >= 11 is 0. The fraction of sp³-hybridized carbons (Fsp3) is 0.500. The minimum atomic E-state index is -1.10. The summed E-state index contributed by atoms with van der Waals surface area (Å²) in [6.45, 7) is 5.59. The Morgan fingerprint density at radius 1 is 1.04 bits per heavy atom. The van der Waals surface area contributed by atoms with Gasteiger partial charge in [-0.05, 0) is 17.9 Å². The average molecular weight is 334 g/mol. The van der Waals surface area contributed by atoms with Crippen LogP contribution in [0.1, 0.15) is 39.2 Å². The van der Waals surface area contributed by atoms with E-state index in [-0.39, 0.29) is 24.7 Å². The van der Waals surface area contributed by atoms with Crippen LogP contribution in [0.2, 0.25) is 0 Å². The van der Waals surface area contributed by atoms with Crippen molar-refractivity contribution in [3.8, 4) is 0 Å². The first-order valence-corrected chi connectivity index (χ1v) is 8.20. The van der Waals surface area contributed by atoms with Gasteiger partial charge in [-0.1, -0.05) is 51.1 Å². The first-order chi connectivity index (χ1) is 11.3. The van der Waals surface area contributed by atoms with Gasteiger partial charge < -0.3 is 15.7 Å². The van der Waals surface area contributed by atoms with E-state index in [1.165, 1.54) is 0 Å². The van der Waals surface area contributed by atoms with Crippen molar-refractivity contribution in [1.82, 2.24) is 10.6 Å². The number of nitrogens with one attached hydrogen (secondary N) is 2. The van der Waals surface area contributed by atoms with E-state index in [0.29, 0.717) is 6.42 Å². The summed E-state index contributed by atoms with van der Waals surface area (Å²) in [4.78, 5) is 35.5. The number of benzene rings is 1. The van der Waals surface area contributed by atoms with Crippen LogP contribution >= 0.6 is 0 Å². The topological polar surface area (TPSA) is 95.5 Å². The Morgan fingerprint density at radius 3 is 2.17 bits per heavy atom. The van der Waals surface area contributed by atoms with Crippen molar-refractivity contribution in [2.45, 2.75) is 52.1 Å². The highest BCUT2D eigenvalue weighted by Gasteiger charge is 2.26. The van der Waals surface area contributed by atoms with Crippen LogP contribution in [0.5, 0.6) is 0 Å². The Morgan fingerprint density at radius 2 is 1.67 bits per heavy atom. The summed E-state index contributed by atoms with van der Waals surface area (Å²) in [5.41, 5.74) is 0.822. The van der Waals surface area contributed by atoms with Gasteiger partial charge in [-0.25, -0.2) is 4.79 Å². The average Bonchev–Trinajstić information content (AvgIpc) is 2.53. The van der Waals surface area contributed by atoms with E-state index in [4.69, 9.17) is 0 Å². The van der Waals surface area contributed by atoms with Crippen molar-refractivity contribution in [1.29, 1.82) is 0 Å². The molecular formula is C18H26N2O4. The van der Waals surface area contributed by atoms with Crippen molar-refractivity contribution >= 4 is 17.8 Å². The summed E-state index contributed by atoms with van der Waals surface area (Å²) in [6.07, 6.45) is 0.918. The lowest BCUT2D eigenvalue weighted by Gasteiger charge is -2.22. The van der Waals surface area contributed by atoms with Gasteiger partial charge >= 0.3 is 5.97 Å². The smallest absolute Gasteiger partial charge is 0.326 e. The normalized spacial score (nSPS) is 13.2. The number of aliphatic carboxylic acids is 1. The molecule has 0 heterocycles. The molecular weight excluding hydrogens is 308 g/mol. The number of carboxylic acid groups (broad SMARTS) is 1. The zero-order valence-electron chi connectivity index (χ0n) is 14.4. The molecule has 0 aliphatic carbocycles. The predicted octanol–water partition coefficient (Wildman–Crippen LogP) is 1.74. The summed E-state index contributed by atoms with van der Waals surface area (Å²) < 4.78 is 0. The largest absolute Gasteiger partial charge is 0.480 e. The molecule has 0 aliphatic heterocycles. The first-order valence-electron chi connectivity index (χ1n) is 8.20. The van der Waals surface area contributed by atoms with E-state index >= 15 is 0 Å². The van der Waals surface area contributed by atoms with Crippen LogP contribution in [-0.2, 0) is 20.8 Å². The van der Waals surface area contributed by atoms with Crippen LogP contribution in [-0.4, -0.2) is 35.0 Å². The molecule has 0 radical (unpaired) electrons. The minimum Gasteiger partial charge on any atom is -0.480 e. The zero-order valence-corrected chi connectivity index (χ0v) is 14.4. The van der Waals surface area contributed by atoms with Crippen molar-refractivity contribution in [2.75, 3.05) is 0 Å². The number of carbonyl (C=O) groups is 3. The van der Waals surface area contributed by atoms with Gasteiger partial charge in [0.25, 0.3) is 0 Å². The van der Waals surface area contributed by atoms with Crippen LogP contribution in [0, 0.1) is 5.92 Å². The number of rotatable bonds is 9. The molecule has 0 saturated carbocycles. The van der Waals surface area contributed by atoms with Crippen molar-refractivity contribution < 1.29 is 19.5 Å². The maximum absolute atomic E-state index is 12.4. The highest BCUT2D eigenvalue weighted by Crippen LogP contribution is 2.08. The van der Waals surface area contributed by atoms with E-state index in [9.17, 15) is 19.5 Å². The highest BCUT2D eigenvalue weighted by molar-refractivity contribution is 5.90. The lowest BCUT2D eigenvalue weighted by Crippen LogP contribution is -2.52. The number of hydrogen-bond donors (Lipinski definition) is 3. The fourth-order valence-electron chi connectivity index (χ4n) is 2.32. The molecule has 2 atom stereocenters. The van der Waals surface area contributed by atoms with Crippen LogP contribution in [0.4, 0.5) is 0 Å². The van der Waals surface area contributed by atoms with Crippen molar-refractivity contribution in [3.63, 3.8) is 0 Å². The van der Waals surface area contributed by atoms with E-state index in [1.807, 2.05) is 44.2 Å². The molecule has 0 aliphatic rings. The third-order valence-corrected chi connectivity index (χ3v) is 3.58. The molecule has 3 N–H and O–H groups in total. The molecule has 6 nitrogen and oxygen atoms in total. The van der Waals surface area contributed by atoms with Crippen LogP contribution < -0.4 is 10.6 Å². The molecule has 6 heteroatoms. The molecule has 1 aromatic carbocycles. The molecule has 24 heavy (non-hydrogen) atoms. The van der Waals surface area contributed by atoms with Crippen molar-refractivity contribution in [2.24, 2.45) is 5.92 Å². The van der Waals surface area contributed by atoms with E-state index in [1.54, 1.807) is 6.92 Å². The minimum absolute atomic E-state index is 0.190. The van der Waals surface area contributed by atoms with Gasteiger partial charge in [0.15, 0.2) is 0 Å². The Balaban J connectivity index is 2.79. The van der Waals surface area contributed by atoms with Crippen LogP contribution in [0.25, 0.3) is 0 Å². The fourth-order valence-corrected chi connectivity index (χ4v) is 2.32. The van der Waals surface area contributed by atoms with Gasteiger partial charge in [0.1, 0.15) is 12.1 Å². The SMILES string of the molecule is CCC(=O)NC(CC(C)C)C(=O)NC(Cc1ccccc1)C(=O)O. The molecule has 2 unspecified atom stereocenters. The van der Waals surface area contributed by atoms with E-state index in [2.05, 4.69) is 10.6 Å². The molecule has 1 aromatic rings. The van der Waals surface area contributed by atoms with Gasteiger partial charge in [-0.3, -0.25) is 9.59 Å². The van der Waals surface area contributed by atoms with Gasteiger partial charge in [-0.15, -0.1) is 0 Å². The molecule has 0 spiro atoms. The number of carbonyl (C=O) groups excluding carboxylic acids is 2. The van der Waals surface area contributed by atoms with Gasteiger partial charge in [0.2, 0.25) is 11.8 Å². The summed E-state index contributed by atoms with van der Waals surface area (Å²) in [7, 11) is 0. The second kappa shape index (κ2) is 9.70.